The first-order valence-electron chi connectivity index (χ1n) is 8.12. The maximum Gasteiger partial charge on any atom is 0.234 e. The maximum atomic E-state index is 12.2. The molecule has 2 atom stereocenters. The third-order valence-electron chi connectivity index (χ3n) is 4.36. The predicted molar refractivity (Wildman–Crippen MR) is 87.6 cm³/mol. The van der Waals surface area contributed by atoms with E-state index in [9.17, 15) is 4.79 Å². The minimum atomic E-state index is -0.109. The van der Waals surface area contributed by atoms with Gasteiger partial charge in [0, 0.05) is 11.9 Å². The Morgan fingerprint density at radius 3 is 3.05 bits per heavy atom. The number of benzene rings is 1. The number of furan rings is 1. The van der Waals surface area contributed by atoms with Crippen LogP contribution in [0.25, 0.3) is 11.0 Å². The third kappa shape index (κ3) is 3.50. The smallest absolute Gasteiger partial charge is 0.234 e. The Balaban J connectivity index is 1.58. The van der Waals surface area contributed by atoms with E-state index < -0.39 is 0 Å². The Hall–Kier alpha value is -1.81. The molecule has 0 radical (unpaired) electrons. The van der Waals surface area contributed by atoms with E-state index in [1.807, 2.05) is 37.3 Å². The van der Waals surface area contributed by atoms with Gasteiger partial charge in [0.15, 0.2) is 0 Å². The molecule has 4 nitrogen and oxygen atoms in total. The summed E-state index contributed by atoms with van der Waals surface area (Å²) in [6.07, 6.45) is 2.46. The Bertz CT molecular complexity index is 616. The van der Waals surface area contributed by atoms with Crippen molar-refractivity contribution in [2.75, 3.05) is 19.6 Å². The average molecular weight is 300 g/mol. The molecule has 118 valence electrons. The van der Waals surface area contributed by atoms with Crippen LogP contribution < -0.4 is 5.32 Å². The molecule has 2 aromatic rings. The molecule has 0 saturated carbocycles. The van der Waals surface area contributed by atoms with Gasteiger partial charge in [0.05, 0.1) is 12.6 Å². The molecule has 1 saturated heterocycles. The van der Waals surface area contributed by atoms with Crippen molar-refractivity contribution >= 4 is 16.9 Å². The van der Waals surface area contributed by atoms with Crippen LogP contribution in [-0.2, 0) is 4.79 Å². The molecule has 0 aliphatic carbocycles. The number of hydrogen-bond acceptors (Lipinski definition) is 3. The van der Waals surface area contributed by atoms with E-state index >= 15 is 0 Å². The topological polar surface area (TPSA) is 45.5 Å². The molecule has 0 spiro atoms. The van der Waals surface area contributed by atoms with Crippen molar-refractivity contribution in [1.29, 1.82) is 0 Å². The first kappa shape index (κ1) is 15.1. The van der Waals surface area contributed by atoms with E-state index in [1.165, 1.54) is 12.8 Å². The van der Waals surface area contributed by atoms with Crippen LogP contribution in [-0.4, -0.2) is 30.4 Å². The van der Waals surface area contributed by atoms with Crippen molar-refractivity contribution in [2.24, 2.45) is 5.92 Å². The standard InChI is InChI=1S/C18H24N2O2/c1-13-6-5-9-20(11-13)12-18(21)19-14(2)17-10-15-7-3-4-8-16(15)22-17/h3-4,7-8,10,13-14H,5-6,9,11-12H2,1-2H3,(H,19,21)/t13-,14+/m1/s1. The average Bonchev–Trinajstić information content (AvgIpc) is 2.91. The number of fused-ring (bicyclic) bond motifs is 1. The molecule has 22 heavy (non-hydrogen) atoms. The number of likely N-dealkylation sites (tertiary alicyclic amines) is 1. The minimum absolute atomic E-state index is 0.0713. The number of piperidine rings is 1. The van der Waals surface area contributed by atoms with E-state index in [1.54, 1.807) is 0 Å². The number of nitrogens with one attached hydrogen (secondary N) is 1. The summed E-state index contributed by atoms with van der Waals surface area (Å²) in [5, 5.41) is 4.12. The van der Waals surface area contributed by atoms with Crippen LogP contribution in [0, 0.1) is 5.92 Å². The van der Waals surface area contributed by atoms with Crippen LogP contribution >= 0.6 is 0 Å². The number of rotatable bonds is 4. The van der Waals surface area contributed by atoms with Crippen molar-refractivity contribution in [3.8, 4) is 0 Å². The molecular weight excluding hydrogens is 276 g/mol. The molecule has 0 unspecified atom stereocenters. The molecule has 1 aliphatic rings. The van der Waals surface area contributed by atoms with Gasteiger partial charge in [-0.3, -0.25) is 9.69 Å². The second-order valence-corrected chi connectivity index (χ2v) is 6.46. The summed E-state index contributed by atoms with van der Waals surface area (Å²) < 4.78 is 5.81. The van der Waals surface area contributed by atoms with Gasteiger partial charge in [0.2, 0.25) is 5.91 Å². The van der Waals surface area contributed by atoms with Crippen molar-refractivity contribution in [3.63, 3.8) is 0 Å². The summed E-state index contributed by atoms with van der Waals surface area (Å²) in [5.74, 6) is 1.57. The monoisotopic (exact) mass is 300 g/mol. The lowest BCUT2D eigenvalue weighted by Crippen LogP contribution is -2.42. The van der Waals surface area contributed by atoms with Gasteiger partial charge < -0.3 is 9.73 Å². The number of para-hydroxylation sites is 1. The summed E-state index contributed by atoms with van der Waals surface area (Å²) in [6.45, 7) is 6.74. The summed E-state index contributed by atoms with van der Waals surface area (Å²) >= 11 is 0. The molecule has 4 heteroatoms. The molecule has 1 aromatic carbocycles. The lowest BCUT2D eigenvalue weighted by molar-refractivity contribution is -0.123. The molecular formula is C18H24N2O2. The highest BCUT2D eigenvalue weighted by molar-refractivity contribution is 5.80. The zero-order valence-electron chi connectivity index (χ0n) is 13.3. The fraction of sp³-hybridized carbons (Fsp3) is 0.500. The van der Waals surface area contributed by atoms with Crippen molar-refractivity contribution in [3.05, 3.63) is 36.1 Å². The number of nitrogens with zero attached hydrogens (tertiary/aromatic N) is 1. The SMILES string of the molecule is C[C@@H]1CCCN(CC(=O)N[C@@H](C)c2cc3ccccc3o2)C1. The number of carbonyl (C=O) groups excluding carboxylic acids is 1. The van der Waals surface area contributed by atoms with Crippen molar-refractivity contribution in [1.82, 2.24) is 10.2 Å². The lowest BCUT2D eigenvalue weighted by atomic mass is 10.0. The number of amides is 1. The van der Waals surface area contributed by atoms with Crippen LogP contribution in [0.2, 0.25) is 0 Å². The van der Waals surface area contributed by atoms with Crippen LogP contribution in [0.3, 0.4) is 0 Å². The van der Waals surface area contributed by atoms with Gasteiger partial charge in [0.25, 0.3) is 0 Å². The van der Waals surface area contributed by atoms with E-state index in [0.29, 0.717) is 12.5 Å². The van der Waals surface area contributed by atoms with Gasteiger partial charge in [-0.25, -0.2) is 0 Å². The molecule has 1 amide bonds. The second kappa shape index (κ2) is 6.53. The lowest BCUT2D eigenvalue weighted by Gasteiger charge is -2.30. The maximum absolute atomic E-state index is 12.2. The highest BCUT2D eigenvalue weighted by Gasteiger charge is 2.20. The van der Waals surface area contributed by atoms with E-state index in [2.05, 4.69) is 17.1 Å². The van der Waals surface area contributed by atoms with E-state index in [-0.39, 0.29) is 11.9 Å². The van der Waals surface area contributed by atoms with Gasteiger partial charge in [0.1, 0.15) is 11.3 Å². The van der Waals surface area contributed by atoms with Gasteiger partial charge in [-0.15, -0.1) is 0 Å². The summed E-state index contributed by atoms with van der Waals surface area (Å²) in [4.78, 5) is 14.5. The van der Waals surface area contributed by atoms with Gasteiger partial charge in [-0.2, -0.15) is 0 Å². The Morgan fingerprint density at radius 1 is 1.45 bits per heavy atom. The Kier molecular flexibility index (Phi) is 4.48. The number of carbonyl (C=O) groups is 1. The highest BCUT2D eigenvalue weighted by Crippen LogP contribution is 2.23. The normalized spacial score (nSPS) is 20.9. The zero-order chi connectivity index (χ0) is 15.5. The minimum Gasteiger partial charge on any atom is -0.459 e. The third-order valence-corrected chi connectivity index (χ3v) is 4.36. The summed E-state index contributed by atoms with van der Waals surface area (Å²) in [7, 11) is 0. The largest absolute Gasteiger partial charge is 0.459 e. The fourth-order valence-corrected chi connectivity index (χ4v) is 3.21. The van der Waals surface area contributed by atoms with Crippen LogP contribution in [0.15, 0.2) is 34.7 Å². The zero-order valence-corrected chi connectivity index (χ0v) is 13.3. The summed E-state index contributed by atoms with van der Waals surface area (Å²) in [6, 6.07) is 9.80. The quantitative estimate of drug-likeness (QED) is 0.942. The molecule has 2 heterocycles. The van der Waals surface area contributed by atoms with Crippen LogP contribution in [0.4, 0.5) is 0 Å². The second-order valence-electron chi connectivity index (χ2n) is 6.46. The van der Waals surface area contributed by atoms with Gasteiger partial charge >= 0.3 is 0 Å². The Labute approximate surface area is 131 Å². The molecule has 3 rings (SSSR count). The van der Waals surface area contributed by atoms with Crippen LogP contribution in [0.1, 0.15) is 38.5 Å². The molecule has 1 N–H and O–H groups in total. The van der Waals surface area contributed by atoms with Gasteiger partial charge in [-0.1, -0.05) is 25.1 Å². The van der Waals surface area contributed by atoms with Gasteiger partial charge in [-0.05, 0) is 44.4 Å². The molecule has 0 bridgehead atoms. The molecule has 1 aliphatic heterocycles. The summed E-state index contributed by atoms with van der Waals surface area (Å²) in [5.41, 5.74) is 0.864. The van der Waals surface area contributed by atoms with Crippen LogP contribution in [0.5, 0.6) is 0 Å². The molecule has 1 fully saturated rings. The fourth-order valence-electron chi connectivity index (χ4n) is 3.21. The predicted octanol–water partition coefficient (Wildman–Crippen LogP) is 3.34. The first-order valence-corrected chi connectivity index (χ1v) is 8.12. The number of hydrogen-bond donors (Lipinski definition) is 1. The highest BCUT2D eigenvalue weighted by atomic mass is 16.3. The first-order chi connectivity index (χ1) is 10.6. The van der Waals surface area contributed by atoms with E-state index in [0.717, 1.165) is 29.8 Å². The van der Waals surface area contributed by atoms with Crippen molar-refractivity contribution < 1.29 is 9.21 Å². The Morgan fingerprint density at radius 2 is 2.27 bits per heavy atom. The molecule has 1 aromatic heterocycles. The van der Waals surface area contributed by atoms with Crippen molar-refractivity contribution in [2.45, 2.75) is 32.7 Å². The van der Waals surface area contributed by atoms with E-state index in [4.69, 9.17) is 4.42 Å².